The summed E-state index contributed by atoms with van der Waals surface area (Å²) in [4.78, 5) is 14.2. The second-order valence-corrected chi connectivity index (χ2v) is 6.34. The van der Waals surface area contributed by atoms with Gasteiger partial charge in [0.25, 0.3) is 0 Å². The Hall–Kier alpha value is -0.610. The van der Waals surface area contributed by atoms with Gasteiger partial charge in [-0.1, -0.05) is 13.8 Å². The zero-order chi connectivity index (χ0) is 14.3. The average Bonchev–Trinajstić information content (AvgIpc) is 2.59. The number of amides is 1. The standard InChI is InChI=1S/C15H31N3O/c1-12(2)10-17-15(19)11-16-14-6-5-8-18(9-7-14)13(3)4/h12-14,16H,5-11H2,1-4H3,(H,17,19). The van der Waals surface area contributed by atoms with Crippen molar-refractivity contribution in [3.05, 3.63) is 0 Å². The Morgan fingerprint density at radius 3 is 2.58 bits per heavy atom. The summed E-state index contributed by atoms with van der Waals surface area (Å²) in [6, 6.07) is 1.13. The van der Waals surface area contributed by atoms with Gasteiger partial charge in [-0.25, -0.2) is 0 Å². The van der Waals surface area contributed by atoms with Crippen LogP contribution in [0.25, 0.3) is 0 Å². The summed E-state index contributed by atoms with van der Waals surface area (Å²) in [5, 5.41) is 6.36. The van der Waals surface area contributed by atoms with Crippen LogP contribution < -0.4 is 10.6 Å². The molecule has 0 bridgehead atoms. The van der Waals surface area contributed by atoms with E-state index in [9.17, 15) is 4.79 Å². The van der Waals surface area contributed by atoms with Gasteiger partial charge in [0.1, 0.15) is 0 Å². The van der Waals surface area contributed by atoms with E-state index in [-0.39, 0.29) is 5.91 Å². The molecule has 1 rings (SSSR count). The van der Waals surface area contributed by atoms with Gasteiger partial charge >= 0.3 is 0 Å². The quantitative estimate of drug-likeness (QED) is 0.770. The molecule has 4 nitrogen and oxygen atoms in total. The van der Waals surface area contributed by atoms with Crippen molar-refractivity contribution in [2.75, 3.05) is 26.2 Å². The zero-order valence-corrected chi connectivity index (χ0v) is 13.0. The number of carbonyl (C=O) groups excluding carboxylic acids is 1. The number of likely N-dealkylation sites (tertiary alicyclic amines) is 1. The van der Waals surface area contributed by atoms with Crippen LogP contribution in [-0.4, -0.2) is 49.1 Å². The Bertz CT molecular complexity index is 266. The number of nitrogens with one attached hydrogen (secondary N) is 2. The largest absolute Gasteiger partial charge is 0.355 e. The third-order valence-corrected chi connectivity index (χ3v) is 3.75. The zero-order valence-electron chi connectivity index (χ0n) is 13.0. The first kappa shape index (κ1) is 16.4. The molecule has 1 unspecified atom stereocenters. The van der Waals surface area contributed by atoms with Gasteiger partial charge in [-0.05, 0) is 52.1 Å². The number of hydrogen-bond donors (Lipinski definition) is 2. The smallest absolute Gasteiger partial charge is 0.233 e. The van der Waals surface area contributed by atoms with E-state index in [4.69, 9.17) is 0 Å². The molecule has 1 saturated heterocycles. The summed E-state index contributed by atoms with van der Waals surface area (Å²) in [5.41, 5.74) is 0. The van der Waals surface area contributed by atoms with Crippen molar-refractivity contribution in [1.82, 2.24) is 15.5 Å². The SMILES string of the molecule is CC(C)CNC(=O)CNC1CCCN(C(C)C)CC1. The second-order valence-electron chi connectivity index (χ2n) is 6.34. The highest BCUT2D eigenvalue weighted by Gasteiger charge is 2.18. The molecule has 2 N–H and O–H groups in total. The van der Waals surface area contributed by atoms with Crippen LogP contribution in [0.15, 0.2) is 0 Å². The van der Waals surface area contributed by atoms with Gasteiger partial charge in [-0.3, -0.25) is 4.79 Å². The lowest BCUT2D eigenvalue weighted by atomic mass is 10.1. The maximum Gasteiger partial charge on any atom is 0.233 e. The van der Waals surface area contributed by atoms with Crippen molar-refractivity contribution in [3.63, 3.8) is 0 Å². The molecule has 0 aromatic rings. The third kappa shape index (κ3) is 6.92. The predicted octanol–water partition coefficient (Wildman–Crippen LogP) is 1.61. The van der Waals surface area contributed by atoms with Crippen LogP contribution in [0.1, 0.15) is 47.0 Å². The summed E-state index contributed by atoms with van der Waals surface area (Å²) in [6.07, 6.45) is 3.56. The van der Waals surface area contributed by atoms with E-state index in [1.165, 1.54) is 19.4 Å². The molecule has 1 heterocycles. The first-order valence-electron chi connectivity index (χ1n) is 7.73. The molecule has 0 radical (unpaired) electrons. The van der Waals surface area contributed by atoms with Crippen LogP contribution >= 0.6 is 0 Å². The molecule has 1 aliphatic heterocycles. The maximum atomic E-state index is 11.7. The van der Waals surface area contributed by atoms with Crippen LogP contribution in [0.2, 0.25) is 0 Å². The molecule has 0 spiro atoms. The number of rotatable bonds is 6. The van der Waals surface area contributed by atoms with E-state index < -0.39 is 0 Å². The summed E-state index contributed by atoms with van der Waals surface area (Å²) in [7, 11) is 0. The Morgan fingerprint density at radius 1 is 1.21 bits per heavy atom. The van der Waals surface area contributed by atoms with Crippen molar-refractivity contribution < 1.29 is 4.79 Å². The normalized spacial score (nSPS) is 21.7. The van der Waals surface area contributed by atoms with Gasteiger partial charge in [0, 0.05) is 18.6 Å². The maximum absolute atomic E-state index is 11.7. The van der Waals surface area contributed by atoms with E-state index in [1.54, 1.807) is 0 Å². The van der Waals surface area contributed by atoms with Crippen LogP contribution in [0.5, 0.6) is 0 Å². The van der Waals surface area contributed by atoms with E-state index in [2.05, 4.69) is 43.2 Å². The van der Waals surface area contributed by atoms with E-state index in [1.807, 2.05) is 0 Å². The van der Waals surface area contributed by atoms with Crippen LogP contribution in [-0.2, 0) is 4.79 Å². The van der Waals surface area contributed by atoms with Crippen molar-refractivity contribution in [2.24, 2.45) is 5.92 Å². The van der Waals surface area contributed by atoms with E-state index >= 15 is 0 Å². The van der Waals surface area contributed by atoms with E-state index in [0.29, 0.717) is 24.5 Å². The van der Waals surface area contributed by atoms with E-state index in [0.717, 1.165) is 19.5 Å². The summed E-state index contributed by atoms with van der Waals surface area (Å²) < 4.78 is 0. The van der Waals surface area contributed by atoms with Gasteiger partial charge in [0.15, 0.2) is 0 Å². The van der Waals surface area contributed by atoms with Gasteiger partial charge in [-0.15, -0.1) is 0 Å². The summed E-state index contributed by atoms with van der Waals surface area (Å²) in [6.45, 7) is 12.3. The predicted molar refractivity (Wildman–Crippen MR) is 80.2 cm³/mol. The number of nitrogens with zero attached hydrogens (tertiary/aromatic N) is 1. The lowest BCUT2D eigenvalue weighted by Gasteiger charge is -2.24. The molecule has 0 aliphatic carbocycles. The average molecular weight is 269 g/mol. The monoisotopic (exact) mass is 269 g/mol. The minimum atomic E-state index is 0.124. The second kappa shape index (κ2) is 8.54. The fourth-order valence-electron chi connectivity index (χ4n) is 2.46. The molecule has 1 fully saturated rings. The van der Waals surface area contributed by atoms with Crippen molar-refractivity contribution >= 4 is 5.91 Å². The molecular weight excluding hydrogens is 238 g/mol. The Balaban J connectivity index is 2.21. The Labute approximate surface area is 118 Å². The number of carbonyl (C=O) groups is 1. The lowest BCUT2D eigenvalue weighted by Crippen LogP contribution is -2.40. The Morgan fingerprint density at radius 2 is 1.95 bits per heavy atom. The van der Waals surface area contributed by atoms with Gasteiger partial charge in [0.05, 0.1) is 6.54 Å². The summed E-state index contributed by atoms with van der Waals surface area (Å²) >= 11 is 0. The highest BCUT2D eigenvalue weighted by Crippen LogP contribution is 2.13. The molecule has 0 saturated carbocycles. The molecule has 0 aromatic carbocycles. The molecule has 1 amide bonds. The van der Waals surface area contributed by atoms with Gasteiger partial charge < -0.3 is 15.5 Å². The van der Waals surface area contributed by atoms with Crippen molar-refractivity contribution in [1.29, 1.82) is 0 Å². The highest BCUT2D eigenvalue weighted by molar-refractivity contribution is 5.77. The summed E-state index contributed by atoms with van der Waals surface area (Å²) in [5.74, 6) is 0.639. The first-order valence-corrected chi connectivity index (χ1v) is 7.73. The fourth-order valence-corrected chi connectivity index (χ4v) is 2.46. The minimum absolute atomic E-state index is 0.124. The van der Waals surface area contributed by atoms with Crippen LogP contribution in [0, 0.1) is 5.92 Å². The molecule has 112 valence electrons. The van der Waals surface area contributed by atoms with Crippen molar-refractivity contribution in [3.8, 4) is 0 Å². The van der Waals surface area contributed by atoms with Gasteiger partial charge in [-0.2, -0.15) is 0 Å². The third-order valence-electron chi connectivity index (χ3n) is 3.75. The van der Waals surface area contributed by atoms with Crippen LogP contribution in [0.3, 0.4) is 0 Å². The Kier molecular flexibility index (Phi) is 7.39. The van der Waals surface area contributed by atoms with Crippen molar-refractivity contribution in [2.45, 2.75) is 59.0 Å². The topological polar surface area (TPSA) is 44.4 Å². The van der Waals surface area contributed by atoms with Crippen LogP contribution in [0.4, 0.5) is 0 Å². The molecule has 19 heavy (non-hydrogen) atoms. The molecule has 4 heteroatoms. The highest BCUT2D eigenvalue weighted by atomic mass is 16.1. The minimum Gasteiger partial charge on any atom is -0.355 e. The molecule has 1 aliphatic rings. The molecular formula is C15H31N3O. The fraction of sp³-hybridized carbons (Fsp3) is 0.933. The number of hydrogen-bond acceptors (Lipinski definition) is 3. The van der Waals surface area contributed by atoms with Gasteiger partial charge in [0.2, 0.25) is 5.91 Å². The molecule has 0 aromatic heterocycles. The first-order chi connectivity index (χ1) is 8.99. The molecule has 1 atom stereocenters. The lowest BCUT2D eigenvalue weighted by molar-refractivity contribution is -0.120.